The van der Waals surface area contributed by atoms with Gasteiger partial charge in [-0.05, 0) is 76.2 Å². The van der Waals surface area contributed by atoms with Gasteiger partial charge in [0.1, 0.15) is 5.00 Å². The molecule has 2 bridgehead atoms. The summed E-state index contributed by atoms with van der Waals surface area (Å²) < 4.78 is 5.44. The predicted octanol–water partition coefficient (Wildman–Crippen LogP) is 3.88. The van der Waals surface area contributed by atoms with Crippen LogP contribution in [0.3, 0.4) is 0 Å². The van der Waals surface area contributed by atoms with Gasteiger partial charge < -0.3 is 15.2 Å². The van der Waals surface area contributed by atoms with Gasteiger partial charge in [-0.1, -0.05) is 0 Å². The van der Waals surface area contributed by atoms with Crippen LogP contribution in [-0.2, 0) is 27.2 Å². The van der Waals surface area contributed by atoms with Gasteiger partial charge in [-0.3, -0.25) is 9.59 Å². The molecule has 0 unspecified atom stereocenters. The molecule has 1 aromatic heterocycles. The molecule has 4 atom stereocenters. The highest BCUT2D eigenvalue weighted by Gasteiger charge is 2.54. The van der Waals surface area contributed by atoms with Crippen molar-refractivity contribution in [2.45, 2.75) is 64.9 Å². The van der Waals surface area contributed by atoms with E-state index < -0.39 is 23.8 Å². The number of ether oxygens (including phenoxy) is 1. The van der Waals surface area contributed by atoms with Crippen LogP contribution in [0.1, 0.15) is 66.8 Å². The number of amides is 1. The summed E-state index contributed by atoms with van der Waals surface area (Å²) in [6, 6.07) is 0. The van der Waals surface area contributed by atoms with Crippen LogP contribution in [0.25, 0.3) is 0 Å². The van der Waals surface area contributed by atoms with E-state index in [0.717, 1.165) is 55.4 Å². The van der Waals surface area contributed by atoms with E-state index in [0.29, 0.717) is 10.6 Å². The third-order valence-corrected chi connectivity index (χ3v) is 7.67. The SMILES string of the molecule is CC(C)OC(=O)c1c(NC(=O)[C@@H]2[C@@H]3CC[C@H](C3)[C@@H]2C(=O)O)sc2c1CCCC2. The first-order valence-corrected chi connectivity index (χ1v) is 11.1. The van der Waals surface area contributed by atoms with Crippen LogP contribution in [0.15, 0.2) is 0 Å². The number of hydrogen-bond donors (Lipinski definition) is 2. The van der Waals surface area contributed by atoms with Gasteiger partial charge in [-0.2, -0.15) is 0 Å². The topological polar surface area (TPSA) is 92.7 Å². The number of aliphatic carboxylic acids is 1. The number of anilines is 1. The Morgan fingerprint density at radius 2 is 1.79 bits per heavy atom. The molecule has 1 aromatic rings. The highest BCUT2D eigenvalue weighted by Crippen LogP contribution is 2.53. The Kier molecular flexibility index (Phi) is 5.21. The zero-order valence-electron chi connectivity index (χ0n) is 16.3. The minimum atomic E-state index is -0.878. The summed E-state index contributed by atoms with van der Waals surface area (Å²) in [5.74, 6) is -2.42. The number of carbonyl (C=O) groups excluding carboxylic acids is 2. The summed E-state index contributed by atoms with van der Waals surface area (Å²) in [5, 5.41) is 13.1. The normalized spacial score (nSPS) is 28.2. The average Bonchev–Trinajstić information content (AvgIpc) is 3.32. The zero-order valence-corrected chi connectivity index (χ0v) is 17.1. The summed E-state index contributed by atoms with van der Waals surface area (Å²) in [4.78, 5) is 38.8. The van der Waals surface area contributed by atoms with Gasteiger partial charge >= 0.3 is 11.9 Å². The standard InChI is InChI=1S/C21H27NO5S/c1-10(2)27-21(26)17-13-5-3-4-6-14(13)28-19(17)22-18(23)15-11-7-8-12(9-11)16(15)20(24)25/h10-12,15-16H,3-9H2,1-2H3,(H,22,23)(H,24,25)/t11-,12-,15-,16+/m1/s1. The lowest BCUT2D eigenvalue weighted by atomic mass is 9.78. The zero-order chi connectivity index (χ0) is 20.0. The second kappa shape index (κ2) is 7.50. The molecule has 0 aromatic carbocycles. The van der Waals surface area contributed by atoms with Crippen molar-refractivity contribution >= 4 is 34.2 Å². The maximum atomic E-state index is 13.1. The van der Waals surface area contributed by atoms with Gasteiger partial charge in [0, 0.05) is 4.88 Å². The van der Waals surface area contributed by atoms with E-state index in [9.17, 15) is 19.5 Å². The molecule has 7 heteroatoms. The fourth-order valence-corrected chi connectivity index (χ4v) is 6.64. The summed E-state index contributed by atoms with van der Waals surface area (Å²) in [6.45, 7) is 3.61. The quantitative estimate of drug-likeness (QED) is 0.725. The molecule has 2 fully saturated rings. The third-order valence-electron chi connectivity index (χ3n) is 6.46. The first-order valence-electron chi connectivity index (χ1n) is 10.3. The molecule has 28 heavy (non-hydrogen) atoms. The summed E-state index contributed by atoms with van der Waals surface area (Å²) in [6.07, 6.45) is 6.20. The smallest absolute Gasteiger partial charge is 0.341 e. The first kappa shape index (κ1) is 19.4. The third kappa shape index (κ3) is 3.34. The molecule has 3 aliphatic rings. The lowest BCUT2D eigenvalue weighted by Gasteiger charge is -2.27. The van der Waals surface area contributed by atoms with Gasteiger partial charge in [0.15, 0.2) is 0 Å². The van der Waals surface area contributed by atoms with Crippen molar-refractivity contribution in [1.29, 1.82) is 0 Å². The minimum absolute atomic E-state index is 0.0974. The van der Waals surface area contributed by atoms with Crippen LogP contribution < -0.4 is 5.32 Å². The molecule has 1 amide bonds. The molecule has 0 spiro atoms. The molecule has 0 radical (unpaired) electrons. The number of rotatable bonds is 5. The van der Waals surface area contributed by atoms with Crippen LogP contribution in [0.5, 0.6) is 0 Å². The second-order valence-electron chi connectivity index (χ2n) is 8.58. The maximum absolute atomic E-state index is 13.1. The van der Waals surface area contributed by atoms with E-state index in [2.05, 4.69) is 5.32 Å². The second-order valence-corrected chi connectivity index (χ2v) is 9.69. The molecule has 3 aliphatic carbocycles. The van der Waals surface area contributed by atoms with Gasteiger partial charge in [-0.25, -0.2) is 4.79 Å². The number of carbonyl (C=O) groups is 3. The van der Waals surface area contributed by atoms with Crippen LogP contribution in [-0.4, -0.2) is 29.1 Å². The van der Waals surface area contributed by atoms with E-state index in [1.807, 2.05) is 13.8 Å². The molecule has 2 N–H and O–H groups in total. The molecule has 1 heterocycles. The van der Waals surface area contributed by atoms with Crippen molar-refractivity contribution < 1.29 is 24.2 Å². The summed E-state index contributed by atoms with van der Waals surface area (Å²) >= 11 is 1.45. The van der Waals surface area contributed by atoms with Crippen molar-refractivity contribution in [3.05, 3.63) is 16.0 Å². The highest BCUT2D eigenvalue weighted by molar-refractivity contribution is 7.17. The Morgan fingerprint density at radius 1 is 1.11 bits per heavy atom. The fraction of sp³-hybridized carbons (Fsp3) is 0.667. The van der Waals surface area contributed by atoms with Crippen LogP contribution >= 0.6 is 11.3 Å². The number of carboxylic acid groups (broad SMARTS) is 1. The number of aryl methyl sites for hydroxylation is 1. The van der Waals surface area contributed by atoms with Gasteiger partial charge in [0.05, 0.1) is 23.5 Å². The van der Waals surface area contributed by atoms with E-state index in [1.165, 1.54) is 11.3 Å². The maximum Gasteiger partial charge on any atom is 0.341 e. The molecule has 0 aliphatic heterocycles. The van der Waals surface area contributed by atoms with Crippen molar-refractivity contribution in [3.63, 3.8) is 0 Å². The fourth-order valence-electron chi connectivity index (χ4n) is 5.36. The van der Waals surface area contributed by atoms with Crippen LogP contribution in [0, 0.1) is 23.7 Å². The number of nitrogens with one attached hydrogen (secondary N) is 1. The van der Waals surface area contributed by atoms with Crippen LogP contribution in [0.2, 0.25) is 0 Å². The average molecular weight is 406 g/mol. The largest absolute Gasteiger partial charge is 0.481 e. The van der Waals surface area contributed by atoms with E-state index >= 15 is 0 Å². The monoisotopic (exact) mass is 405 g/mol. The summed E-state index contributed by atoms with van der Waals surface area (Å²) in [5.41, 5.74) is 1.48. The molecule has 6 nitrogen and oxygen atoms in total. The Hall–Kier alpha value is -1.89. The van der Waals surface area contributed by atoms with Gasteiger partial charge in [0.25, 0.3) is 0 Å². The van der Waals surface area contributed by atoms with Crippen molar-refractivity contribution in [3.8, 4) is 0 Å². The van der Waals surface area contributed by atoms with Gasteiger partial charge in [-0.15, -0.1) is 11.3 Å². The molecule has 152 valence electrons. The summed E-state index contributed by atoms with van der Waals surface area (Å²) in [7, 11) is 0. The molecular formula is C21H27NO5S. The Balaban J connectivity index is 1.62. The Bertz CT molecular complexity index is 814. The van der Waals surface area contributed by atoms with Crippen molar-refractivity contribution in [2.75, 3.05) is 5.32 Å². The number of thiophene rings is 1. The first-order chi connectivity index (χ1) is 13.4. The van der Waals surface area contributed by atoms with Gasteiger partial charge in [0.2, 0.25) is 5.91 Å². The van der Waals surface area contributed by atoms with E-state index in [-0.39, 0.29) is 23.8 Å². The molecule has 2 saturated carbocycles. The van der Waals surface area contributed by atoms with Crippen molar-refractivity contribution in [1.82, 2.24) is 0 Å². The number of fused-ring (bicyclic) bond motifs is 3. The number of hydrogen-bond acceptors (Lipinski definition) is 5. The number of esters is 1. The van der Waals surface area contributed by atoms with E-state index in [4.69, 9.17) is 4.74 Å². The minimum Gasteiger partial charge on any atom is -0.481 e. The Morgan fingerprint density at radius 3 is 2.46 bits per heavy atom. The van der Waals surface area contributed by atoms with E-state index in [1.54, 1.807) is 0 Å². The lowest BCUT2D eigenvalue weighted by molar-refractivity contribution is -0.148. The molecular weight excluding hydrogens is 378 g/mol. The highest BCUT2D eigenvalue weighted by atomic mass is 32.1. The predicted molar refractivity (Wildman–Crippen MR) is 106 cm³/mol. The van der Waals surface area contributed by atoms with Crippen LogP contribution in [0.4, 0.5) is 5.00 Å². The Labute approximate surface area is 168 Å². The molecule has 4 rings (SSSR count). The lowest BCUT2D eigenvalue weighted by Crippen LogP contribution is -2.38. The number of carboxylic acids is 1. The van der Waals surface area contributed by atoms with Crippen molar-refractivity contribution in [2.24, 2.45) is 23.7 Å². The molecule has 0 saturated heterocycles.